The maximum atomic E-state index is 12.0. The van der Waals surface area contributed by atoms with Crippen LogP contribution in [0.25, 0.3) is 0 Å². The summed E-state index contributed by atoms with van der Waals surface area (Å²) in [6, 6.07) is 11.2. The molecule has 2 rings (SSSR count). The van der Waals surface area contributed by atoms with Gasteiger partial charge in [-0.1, -0.05) is 22.0 Å². The zero-order valence-electron chi connectivity index (χ0n) is 10.1. The lowest BCUT2D eigenvalue weighted by Gasteiger charge is -2.07. The van der Waals surface area contributed by atoms with Gasteiger partial charge >= 0.3 is 0 Å². The van der Waals surface area contributed by atoms with E-state index in [1.807, 2.05) is 30.3 Å². The molecule has 2 aromatic rings. The van der Waals surface area contributed by atoms with Gasteiger partial charge < -0.3 is 5.32 Å². The Hall–Kier alpha value is -1.20. The van der Waals surface area contributed by atoms with Gasteiger partial charge in [-0.15, -0.1) is 0 Å². The summed E-state index contributed by atoms with van der Waals surface area (Å²) in [4.78, 5) is 16.2. The molecule has 0 spiro atoms. The highest BCUT2D eigenvalue weighted by molar-refractivity contribution is 9.11. The van der Waals surface area contributed by atoms with Crippen LogP contribution in [0.2, 0.25) is 0 Å². The van der Waals surface area contributed by atoms with Crippen LogP contribution >= 0.6 is 31.9 Å². The van der Waals surface area contributed by atoms with E-state index in [0.717, 1.165) is 21.1 Å². The Labute approximate surface area is 128 Å². The lowest BCUT2D eigenvalue weighted by Crippen LogP contribution is -2.26. The minimum atomic E-state index is -0.0877. The molecular weight excluding hydrogens is 372 g/mol. The van der Waals surface area contributed by atoms with Crippen molar-refractivity contribution in [2.75, 3.05) is 6.54 Å². The topological polar surface area (TPSA) is 42.0 Å². The highest BCUT2D eigenvalue weighted by Gasteiger charge is 2.09. The molecule has 0 unspecified atom stereocenters. The van der Waals surface area contributed by atoms with E-state index in [1.165, 1.54) is 0 Å². The number of pyridine rings is 1. The molecule has 1 amide bonds. The smallest absolute Gasteiger partial charge is 0.252 e. The summed E-state index contributed by atoms with van der Waals surface area (Å²) in [6.45, 7) is 0.568. The molecule has 0 aliphatic carbocycles. The van der Waals surface area contributed by atoms with Crippen LogP contribution in [-0.2, 0) is 6.42 Å². The fourth-order valence-electron chi connectivity index (χ4n) is 1.62. The Balaban J connectivity index is 1.91. The highest BCUT2D eigenvalue weighted by atomic mass is 79.9. The number of halogens is 2. The molecule has 1 aromatic heterocycles. The fourth-order valence-corrected chi connectivity index (χ4v) is 2.85. The van der Waals surface area contributed by atoms with Crippen molar-refractivity contribution in [2.24, 2.45) is 0 Å². The molecule has 98 valence electrons. The molecular formula is C14H12Br2N2O. The molecule has 1 heterocycles. The lowest BCUT2D eigenvalue weighted by molar-refractivity contribution is 0.0953. The largest absolute Gasteiger partial charge is 0.352 e. The van der Waals surface area contributed by atoms with E-state index in [0.29, 0.717) is 12.1 Å². The van der Waals surface area contributed by atoms with E-state index in [1.54, 1.807) is 12.3 Å². The third kappa shape index (κ3) is 4.14. The fraction of sp³-hybridized carbons (Fsp3) is 0.143. The van der Waals surface area contributed by atoms with Crippen molar-refractivity contribution in [3.63, 3.8) is 0 Å². The molecule has 5 heteroatoms. The summed E-state index contributed by atoms with van der Waals surface area (Å²) in [5.74, 6) is -0.0877. The van der Waals surface area contributed by atoms with E-state index in [2.05, 4.69) is 42.2 Å². The molecule has 0 fully saturated rings. The van der Waals surface area contributed by atoms with Crippen molar-refractivity contribution in [3.05, 3.63) is 62.8 Å². The van der Waals surface area contributed by atoms with Crippen molar-refractivity contribution < 1.29 is 4.79 Å². The SMILES string of the molecule is O=C(NCCc1ccccn1)c1ccc(Br)cc1Br. The second-order valence-corrected chi connectivity index (χ2v) is 5.72. The number of nitrogens with zero attached hydrogens (tertiary/aromatic N) is 1. The van der Waals surface area contributed by atoms with Crippen LogP contribution in [0.3, 0.4) is 0 Å². The molecule has 1 N–H and O–H groups in total. The molecule has 3 nitrogen and oxygen atoms in total. The number of nitrogens with one attached hydrogen (secondary N) is 1. The van der Waals surface area contributed by atoms with Crippen LogP contribution in [0.15, 0.2) is 51.5 Å². The van der Waals surface area contributed by atoms with Crippen LogP contribution in [-0.4, -0.2) is 17.4 Å². The maximum Gasteiger partial charge on any atom is 0.252 e. The molecule has 1 aromatic carbocycles. The van der Waals surface area contributed by atoms with Crippen molar-refractivity contribution in [1.29, 1.82) is 0 Å². The van der Waals surface area contributed by atoms with Crippen LogP contribution in [0.4, 0.5) is 0 Å². The predicted octanol–water partition coefficient (Wildman–Crippen LogP) is 3.58. The Bertz CT molecular complexity index is 573. The van der Waals surface area contributed by atoms with Crippen LogP contribution in [0, 0.1) is 0 Å². The van der Waals surface area contributed by atoms with Gasteiger partial charge in [0.2, 0.25) is 0 Å². The first-order valence-electron chi connectivity index (χ1n) is 5.80. The first kappa shape index (κ1) is 14.2. The Morgan fingerprint density at radius 2 is 2.05 bits per heavy atom. The van der Waals surface area contributed by atoms with E-state index in [-0.39, 0.29) is 5.91 Å². The molecule has 0 saturated carbocycles. The van der Waals surface area contributed by atoms with Crippen LogP contribution in [0.5, 0.6) is 0 Å². The number of rotatable bonds is 4. The van der Waals surface area contributed by atoms with Gasteiger partial charge in [-0.05, 0) is 46.3 Å². The average Bonchev–Trinajstić information content (AvgIpc) is 2.39. The lowest BCUT2D eigenvalue weighted by atomic mass is 10.2. The standard InChI is InChI=1S/C14H12Br2N2O/c15-10-4-5-12(13(16)9-10)14(19)18-8-6-11-3-1-2-7-17-11/h1-5,7,9H,6,8H2,(H,18,19). The second kappa shape index (κ2) is 6.82. The first-order valence-corrected chi connectivity index (χ1v) is 7.38. The third-order valence-corrected chi connectivity index (χ3v) is 3.72. The number of carbonyl (C=O) groups excluding carboxylic acids is 1. The average molecular weight is 384 g/mol. The number of benzene rings is 1. The minimum absolute atomic E-state index is 0.0877. The highest BCUT2D eigenvalue weighted by Crippen LogP contribution is 2.21. The first-order chi connectivity index (χ1) is 9.16. The maximum absolute atomic E-state index is 12.0. The summed E-state index contributed by atoms with van der Waals surface area (Å²) >= 11 is 6.74. The van der Waals surface area contributed by atoms with E-state index < -0.39 is 0 Å². The minimum Gasteiger partial charge on any atom is -0.352 e. The van der Waals surface area contributed by atoms with Crippen molar-refractivity contribution in [3.8, 4) is 0 Å². The summed E-state index contributed by atoms with van der Waals surface area (Å²) < 4.78 is 1.71. The van der Waals surface area contributed by atoms with Gasteiger partial charge in [-0.3, -0.25) is 9.78 Å². The van der Waals surface area contributed by atoms with E-state index in [9.17, 15) is 4.79 Å². The number of hydrogen-bond donors (Lipinski definition) is 1. The molecule has 0 atom stereocenters. The number of carbonyl (C=O) groups is 1. The number of hydrogen-bond acceptors (Lipinski definition) is 2. The molecule has 0 saturated heterocycles. The van der Waals surface area contributed by atoms with Crippen LogP contribution in [0.1, 0.15) is 16.1 Å². The molecule has 0 aliphatic rings. The van der Waals surface area contributed by atoms with E-state index >= 15 is 0 Å². The second-order valence-electron chi connectivity index (χ2n) is 3.95. The van der Waals surface area contributed by atoms with Gasteiger partial charge in [0, 0.05) is 33.8 Å². The Morgan fingerprint density at radius 3 is 2.74 bits per heavy atom. The quantitative estimate of drug-likeness (QED) is 0.876. The van der Waals surface area contributed by atoms with Gasteiger partial charge in [0.25, 0.3) is 5.91 Å². The molecule has 19 heavy (non-hydrogen) atoms. The van der Waals surface area contributed by atoms with E-state index in [4.69, 9.17) is 0 Å². The predicted molar refractivity (Wildman–Crippen MR) is 82.1 cm³/mol. The zero-order valence-corrected chi connectivity index (χ0v) is 13.2. The van der Waals surface area contributed by atoms with Crippen LogP contribution < -0.4 is 5.32 Å². The summed E-state index contributed by atoms with van der Waals surface area (Å²) in [5, 5.41) is 2.88. The molecule has 0 bridgehead atoms. The monoisotopic (exact) mass is 382 g/mol. The van der Waals surface area contributed by atoms with Crippen molar-refractivity contribution in [2.45, 2.75) is 6.42 Å². The summed E-state index contributed by atoms with van der Waals surface area (Å²) in [6.07, 6.45) is 2.48. The molecule has 0 aliphatic heterocycles. The van der Waals surface area contributed by atoms with Gasteiger partial charge in [0.05, 0.1) is 5.56 Å². The third-order valence-electron chi connectivity index (χ3n) is 2.57. The Morgan fingerprint density at radius 1 is 1.21 bits per heavy atom. The van der Waals surface area contributed by atoms with Gasteiger partial charge in [0.15, 0.2) is 0 Å². The van der Waals surface area contributed by atoms with Gasteiger partial charge in [0.1, 0.15) is 0 Å². The zero-order chi connectivity index (χ0) is 13.7. The van der Waals surface area contributed by atoms with Gasteiger partial charge in [-0.25, -0.2) is 0 Å². The van der Waals surface area contributed by atoms with Crippen molar-refractivity contribution in [1.82, 2.24) is 10.3 Å². The van der Waals surface area contributed by atoms with Gasteiger partial charge in [-0.2, -0.15) is 0 Å². The number of aromatic nitrogens is 1. The number of amides is 1. The molecule has 0 radical (unpaired) electrons. The normalized spacial score (nSPS) is 10.2. The van der Waals surface area contributed by atoms with Crippen molar-refractivity contribution >= 4 is 37.8 Å². The Kier molecular flexibility index (Phi) is 5.10. The summed E-state index contributed by atoms with van der Waals surface area (Å²) in [7, 11) is 0. The summed E-state index contributed by atoms with van der Waals surface area (Å²) in [5.41, 5.74) is 1.60.